The van der Waals surface area contributed by atoms with Crippen molar-refractivity contribution >= 4 is 46.2 Å². The number of para-hydroxylation sites is 1. The third kappa shape index (κ3) is 8.94. The van der Waals surface area contributed by atoms with E-state index in [1.54, 1.807) is 30.3 Å². The minimum atomic E-state index is -2.99. The predicted molar refractivity (Wildman–Crippen MR) is 268 cm³/mol. The van der Waals surface area contributed by atoms with Gasteiger partial charge in [0.1, 0.15) is 11.4 Å². The van der Waals surface area contributed by atoms with Crippen LogP contribution in [0.3, 0.4) is 0 Å². The molecule has 0 aliphatic heterocycles. The van der Waals surface area contributed by atoms with E-state index in [1.165, 1.54) is 29.5 Å². The first-order chi connectivity index (χ1) is 34.3. The van der Waals surface area contributed by atoms with Crippen molar-refractivity contribution in [3.63, 3.8) is 0 Å². The zero-order chi connectivity index (χ0) is 52.4. The summed E-state index contributed by atoms with van der Waals surface area (Å²) in [7, 11) is -1.23. The Balaban J connectivity index is 0.000000365. The van der Waals surface area contributed by atoms with Crippen LogP contribution in [0.5, 0.6) is 0 Å². The van der Waals surface area contributed by atoms with Gasteiger partial charge >= 0.3 is 0 Å². The second-order valence-corrected chi connectivity index (χ2v) is 23.1. The molecule has 0 aliphatic carbocycles. The average Bonchev–Trinajstić information content (AvgIpc) is 3.90. The molecule has 0 atom stereocenters. The number of rotatable bonds is 6. The molecule has 0 saturated heterocycles. The molecule has 65 heavy (non-hydrogen) atoms. The predicted octanol–water partition coefficient (Wildman–Crippen LogP) is 15.2. The number of aromatic nitrogens is 3. The number of halogens is 1. The molecule has 0 bridgehead atoms. The maximum absolute atomic E-state index is 15.2. The summed E-state index contributed by atoms with van der Waals surface area (Å²) in [5.74, 6) is 0.0533. The number of hydrogen-bond acceptors (Lipinski definition) is 3. The molecule has 0 unspecified atom stereocenters. The molecule has 0 spiro atoms. The molecule has 0 amide bonds. The summed E-state index contributed by atoms with van der Waals surface area (Å²) in [6.45, 7) is 4.57. The Morgan fingerprint density at radius 3 is 2.17 bits per heavy atom. The molecule has 3 aromatic heterocycles. The van der Waals surface area contributed by atoms with Crippen LogP contribution in [0.4, 0.5) is 4.39 Å². The van der Waals surface area contributed by atoms with Crippen molar-refractivity contribution in [1.29, 1.82) is 0 Å². The Labute approximate surface area is 409 Å². The molecule has 0 aliphatic rings. The second kappa shape index (κ2) is 18.0. The SMILES string of the molecule is C[Si](C)(C)c1ccc(-c2[c-]cccc2)nc1.[2H]C([2H])([2H])c1cc(-c2ccc3c(c2)oc2c(-c4nc5ccc(F)cc5n4-c4c(-c5ccccc5)cccc4C(C)(C)C)[c-]ccc23)cc(C([2H])([2H])[2H])c1C([2H])([2H])[2H].[Ir]. The van der Waals surface area contributed by atoms with E-state index >= 15 is 4.39 Å². The van der Waals surface area contributed by atoms with Crippen LogP contribution < -0.4 is 5.19 Å². The van der Waals surface area contributed by atoms with Crippen molar-refractivity contribution in [3.8, 4) is 50.6 Å². The van der Waals surface area contributed by atoms with Crippen molar-refractivity contribution in [2.24, 2.45) is 0 Å². The molecule has 7 aromatic carbocycles. The van der Waals surface area contributed by atoms with Crippen molar-refractivity contribution in [1.82, 2.24) is 14.5 Å². The Morgan fingerprint density at radius 1 is 0.708 bits per heavy atom. The number of fused-ring (bicyclic) bond motifs is 4. The van der Waals surface area contributed by atoms with Crippen LogP contribution in [-0.4, -0.2) is 22.6 Å². The minimum Gasteiger partial charge on any atom is -0.501 e. The Hall–Kier alpha value is -6.24. The van der Waals surface area contributed by atoms with Crippen LogP contribution in [-0.2, 0) is 25.5 Å². The summed E-state index contributed by atoms with van der Waals surface area (Å²) in [4.78, 5) is 9.61. The van der Waals surface area contributed by atoms with Gasteiger partial charge in [-0.05, 0) is 100 Å². The van der Waals surface area contributed by atoms with Gasteiger partial charge in [-0.1, -0.05) is 136 Å². The Bertz CT molecular complexity index is 3630. The second-order valence-electron chi connectivity index (χ2n) is 18.0. The van der Waals surface area contributed by atoms with Gasteiger partial charge in [0.25, 0.3) is 0 Å². The van der Waals surface area contributed by atoms with Crippen LogP contribution in [0.25, 0.3) is 83.6 Å². The zero-order valence-electron chi connectivity index (χ0n) is 45.9. The number of nitrogens with zero attached hydrogens (tertiary/aromatic N) is 3. The number of benzene rings is 7. The maximum atomic E-state index is 15.2. The number of aryl methyl sites for hydroxylation is 2. The van der Waals surface area contributed by atoms with Crippen LogP contribution in [0.2, 0.25) is 19.6 Å². The van der Waals surface area contributed by atoms with E-state index in [4.69, 9.17) is 21.7 Å². The van der Waals surface area contributed by atoms with E-state index < -0.39 is 51.1 Å². The molecule has 10 rings (SSSR count). The van der Waals surface area contributed by atoms with Gasteiger partial charge in [0.2, 0.25) is 0 Å². The van der Waals surface area contributed by atoms with Crippen LogP contribution in [0, 0.1) is 38.5 Å². The topological polar surface area (TPSA) is 43.9 Å². The van der Waals surface area contributed by atoms with Gasteiger partial charge in [0.05, 0.1) is 36.2 Å². The molecule has 0 fully saturated rings. The van der Waals surface area contributed by atoms with Crippen LogP contribution in [0.15, 0.2) is 156 Å². The first kappa shape index (κ1) is 35.1. The monoisotopic (exact) mass is 1060 g/mol. The quantitative estimate of drug-likeness (QED) is 0.123. The molecule has 10 aromatic rings. The molecule has 327 valence electrons. The fourth-order valence-electron chi connectivity index (χ4n) is 8.13. The molecular formula is C58H52FIrN3OSi-2. The third-order valence-electron chi connectivity index (χ3n) is 11.5. The Morgan fingerprint density at radius 2 is 1.49 bits per heavy atom. The zero-order valence-corrected chi connectivity index (χ0v) is 40.3. The van der Waals surface area contributed by atoms with Gasteiger partial charge in [-0.3, -0.25) is 4.98 Å². The van der Waals surface area contributed by atoms with E-state index in [0.29, 0.717) is 44.5 Å². The third-order valence-corrected chi connectivity index (χ3v) is 13.5. The van der Waals surface area contributed by atoms with Gasteiger partial charge in [0.15, 0.2) is 0 Å². The van der Waals surface area contributed by atoms with Crippen molar-refractivity contribution in [2.75, 3.05) is 0 Å². The molecule has 0 saturated carbocycles. The molecular weight excluding hydrogens is 994 g/mol. The largest absolute Gasteiger partial charge is 0.501 e. The number of pyridine rings is 1. The number of hydrogen-bond donors (Lipinski definition) is 0. The van der Waals surface area contributed by atoms with E-state index in [-0.39, 0.29) is 31.1 Å². The van der Waals surface area contributed by atoms with Crippen molar-refractivity contribution in [2.45, 2.75) is 66.4 Å². The molecule has 4 nitrogen and oxygen atoms in total. The summed E-state index contributed by atoms with van der Waals surface area (Å²) in [5.41, 5.74) is 6.79. The first-order valence-corrected chi connectivity index (χ1v) is 24.7. The van der Waals surface area contributed by atoms with Gasteiger partial charge in [0, 0.05) is 49.6 Å². The number of furan rings is 1. The van der Waals surface area contributed by atoms with Crippen molar-refractivity contribution in [3.05, 3.63) is 192 Å². The minimum absolute atomic E-state index is 0. The fourth-order valence-corrected chi connectivity index (χ4v) is 9.16. The van der Waals surface area contributed by atoms with Crippen LogP contribution >= 0.6 is 0 Å². The first-order valence-electron chi connectivity index (χ1n) is 25.7. The Kier molecular flexibility index (Phi) is 9.69. The summed E-state index contributed by atoms with van der Waals surface area (Å²) >= 11 is 0. The van der Waals surface area contributed by atoms with Gasteiger partial charge in [-0.15, -0.1) is 54.1 Å². The smallest absolute Gasteiger partial charge is 0.125 e. The molecule has 1 radical (unpaired) electrons. The molecule has 0 N–H and O–H groups in total. The standard InChI is InChI=1S/C44H36FN2O.C14H16NSi.Ir/c1-26-22-31(23-27(2)28(26)3)30-18-20-34-35-15-10-16-36(42(35)48-40(34)24-30)43-46-38-21-19-32(45)25-39(38)47(43)41-33(29-12-8-7-9-13-29)14-11-17-37(41)44(4,5)6;1-16(2,3)13-9-10-14(15-11-13)12-7-5-4-6-8-12;/h7-15,17-25H,1-6H3;4-7,9-11H,1-3H3;/q2*-1;/i1D3,2D3,3D3;;. The van der Waals surface area contributed by atoms with Crippen molar-refractivity contribution < 1.29 is 41.2 Å². The number of imidazole rings is 1. The van der Waals surface area contributed by atoms with E-state index in [2.05, 4.69) is 75.7 Å². The van der Waals surface area contributed by atoms with Gasteiger partial charge < -0.3 is 14.0 Å². The molecule has 7 heteroatoms. The summed E-state index contributed by atoms with van der Waals surface area (Å²) in [5, 5.41) is 2.84. The average molecular weight is 1060 g/mol. The normalized spacial score (nSPS) is 14.4. The van der Waals surface area contributed by atoms with E-state index in [9.17, 15) is 0 Å². The molecule has 3 heterocycles. The fraction of sp³-hybridized carbons (Fsp3) is 0.172. The van der Waals surface area contributed by atoms with E-state index in [1.807, 2.05) is 83.6 Å². The maximum Gasteiger partial charge on any atom is 0.125 e. The summed E-state index contributed by atoms with van der Waals surface area (Å²) < 4.78 is 96.9. The van der Waals surface area contributed by atoms with Crippen LogP contribution in [0.1, 0.15) is 55.4 Å². The van der Waals surface area contributed by atoms with E-state index in [0.717, 1.165) is 39.0 Å². The summed E-state index contributed by atoms with van der Waals surface area (Å²) in [6, 6.07) is 50.7. The summed E-state index contributed by atoms with van der Waals surface area (Å²) in [6.07, 6.45) is 2.02. The van der Waals surface area contributed by atoms with Gasteiger partial charge in [-0.25, -0.2) is 4.39 Å². The van der Waals surface area contributed by atoms with Gasteiger partial charge in [-0.2, -0.15) is 0 Å².